The molecule has 88 valence electrons. The predicted octanol–water partition coefficient (Wildman–Crippen LogP) is 4.12. The molecule has 0 bridgehead atoms. The first-order chi connectivity index (χ1) is 7.66. The van der Waals surface area contributed by atoms with Crippen LogP contribution in [0, 0.1) is 18.7 Å². The van der Waals surface area contributed by atoms with E-state index in [1.54, 1.807) is 6.07 Å². The Morgan fingerprint density at radius 3 is 2.75 bits per heavy atom. The lowest BCUT2D eigenvalue weighted by Crippen LogP contribution is -2.30. The van der Waals surface area contributed by atoms with Gasteiger partial charge in [-0.25, -0.2) is 4.39 Å². The number of rotatable bonds is 2. The Balaban J connectivity index is 2.10. The number of hydrogen-bond donors (Lipinski definition) is 1. The molecule has 0 aliphatic heterocycles. The summed E-state index contributed by atoms with van der Waals surface area (Å²) in [5, 5.41) is 3.50. The zero-order chi connectivity index (χ0) is 11.5. The van der Waals surface area contributed by atoms with Crippen LogP contribution in [0.25, 0.3) is 0 Å². The van der Waals surface area contributed by atoms with E-state index in [1.807, 2.05) is 13.0 Å². The maximum Gasteiger partial charge on any atom is 0.125 e. The number of halogens is 1. The molecule has 1 N–H and O–H groups in total. The first kappa shape index (κ1) is 11.4. The summed E-state index contributed by atoms with van der Waals surface area (Å²) >= 11 is 0. The monoisotopic (exact) mass is 221 g/mol. The normalized spacial score (nSPS) is 25.4. The van der Waals surface area contributed by atoms with Crippen LogP contribution in [0.2, 0.25) is 0 Å². The summed E-state index contributed by atoms with van der Waals surface area (Å²) in [5.41, 5.74) is 2.08. The van der Waals surface area contributed by atoms with Crippen LogP contribution in [-0.2, 0) is 0 Å². The van der Waals surface area contributed by atoms with Gasteiger partial charge in [0.15, 0.2) is 0 Å². The Morgan fingerprint density at radius 2 is 2.00 bits per heavy atom. The number of nitrogens with one attached hydrogen (secondary N) is 1. The summed E-state index contributed by atoms with van der Waals surface area (Å²) in [4.78, 5) is 0. The topological polar surface area (TPSA) is 12.0 Å². The van der Waals surface area contributed by atoms with E-state index in [0.29, 0.717) is 12.0 Å². The van der Waals surface area contributed by atoms with Crippen molar-refractivity contribution in [3.63, 3.8) is 0 Å². The Labute approximate surface area is 97.1 Å². The third-order valence-electron chi connectivity index (χ3n) is 3.65. The van der Waals surface area contributed by atoms with Crippen LogP contribution in [-0.4, -0.2) is 6.04 Å². The van der Waals surface area contributed by atoms with Crippen molar-refractivity contribution in [2.45, 2.75) is 45.6 Å². The highest BCUT2D eigenvalue weighted by Gasteiger charge is 2.21. The fourth-order valence-electron chi connectivity index (χ4n) is 2.48. The van der Waals surface area contributed by atoms with Crippen molar-refractivity contribution >= 4 is 5.69 Å². The van der Waals surface area contributed by atoms with Gasteiger partial charge in [-0.1, -0.05) is 25.8 Å². The lowest BCUT2D eigenvalue weighted by atomic mass is 9.85. The molecule has 2 heteroatoms. The molecule has 2 rings (SSSR count). The molecule has 1 fully saturated rings. The highest BCUT2D eigenvalue weighted by molar-refractivity contribution is 5.51. The van der Waals surface area contributed by atoms with Gasteiger partial charge in [0.25, 0.3) is 0 Å². The smallest absolute Gasteiger partial charge is 0.125 e. The Kier molecular flexibility index (Phi) is 3.47. The largest absolute Gasteiger partial charge is 0.382 e. The van der Waals surface area contributed by atoms with E-state index in [1.165, 1.54) is 31.7 Å². The second-order valence-electron chi connectivity index (χ2n) is 4.97. The average Bonchev–Trinajstić information content (AvgIpc) is 2.27. The van der Waals surface area contributed by atoms with Crippen molar-refractivity contribution in [3.05, 3.63) is 29.6 Å². The van der Waals surface area contributed by atoms with Gasteiger partial charge in [0, 0.05) is 11.7 Å². The van der Waals surface area contributed by atoms with E-state index < -0.39 is 0 Å². The van der Waals surface area contributed by atoms with Crippen LogP contribution in [0.3, 0.4) is 0 Å². The van der Waals surface area contributed by atoms with Gasteiger partial charge in [0.05, 0.1) is 0 Å². The summed E-state index contributed by atoms with van der Waals surface area (Å²) in [6.07, 6.45) is 5.11. The fraction of sp³-hybridized carbons (Fsp3) is 0.571. The second kappa shape index (κ2) is 4.86. The van der Waals surface area contributed by atoms with Crippen molar-refractivity contribution in [2.75, 3.05) is 5.32 Å². The maximum absolute atomic E-state index is 13.2. The van der Waals surface area contributed by atoms with Crippen LogP contribution >= 0.6 is 0 Å². The minimum absolute atomic E-state index is 0.156. The first-order valence-corrected chi connectivity index (χ1v) is 6.19. The number of aryl methyl sites for hydroxylation is 1. The summed E-state index contributed by atoms with van der Waals surface area (Å²) in [6.45, 7) is 4.31. The van der Waals surface area contributed by atoms with Gasteiger partial charge < -0.3 is 5.32 Å². The molecule has 16 heavy (non-hydrogen) atoms. The summed E-state index contributed by atoms with van der Waals surface area (Å²) < 4.78 is 13.2. The minimum Gasteiger partial charge on any atom is -0.382 e. The van der Waals surface area contributed by atoms with Crippen LogP contribution < -0.4 is 5.32 Å². The van der Waals surface area contributed by atoms with Gasteiger partial charge in [0.2, 0.25) is 0 Å². The zero-order valence-electron chi connectivity index (χ0n) is 10.1. The molecule has 0 amide bonds. The molecular weight excluding hydrogens is 201 g/mol. The van der Waals surface area contributed by atoms with Gasteiger partial charge >= 0.3 is 0 Å². The van der Waals surface area contributed by atoms with Crippen molar-refractivity contribution in [1.82, 2.24) is 0 Å². The Bertz CT molecular complexity index is 362. The third-order valence-corrected chi connectivity index (χ3v) is 3.65. The molecule has 1 aliphatic rings. The van der Waals surface area contributed by atoms with E-state index in [2.05, 4.69) is 12.2 Å². The maximum atomic E-state index is 13.2. The number of anilines is 1. The van der Waals surface area contributed by atoms with E-state index in [9.17, 15) is 4.39 Å². The summed E-state index contributed by atoms with van der Waals surface area (Å²) in [7, 11) is 0. The van der Waals surface area contributed by atoms with Crippen LogP contribution in [0.5, 0.6) is 0 Å². The summed E-state index contributed by atoms with van der Waals surface area (Å²) in [5.74, 6) is 0.535. The van der Waals surface area contributed by atoms with Gasteiger partial charge in [-0.3, -0.25) is 0 Å². The zero-order valence-corrected chi connectivity index (χ0v) is 10.1. The molecule has 2 atom stereocenters. The van der Waals surface area contributed by atoms with E-state index >= 15 is 0 Å². The molecule has 0 saturated heterocycles. The average molecular weight is 221 g/mol. The lowest BCUT2D eigenvalue weighted by molar-refractivity contribution is 0.349. The Morgan fingerprint density at radius 1 is 1.25 bits per heavy atom. The quantitative estimate of drug-likeness (QED) is 0.792. The standard InChI is InChI=1S/C14H20FN/c1-10-5-3-4-6-13(10)16-14-9-12(15)8-7-11(14)2/h7-10,13,16H,3-6H2,1-2H3. The number of benzene rings is 1. The summed E-state index contributed by atoms with van der Waals surface area (Å²) in [6, 6.07) is 5.47. The molecule has 1 aromatic rings. The van der Waals surface area contributed by atoms with Gasteiger partial charge in [-0.15, -0.1) is 0 Å². The van der Waals surface area contributed by atoms with E-state index in [4.69, 9.17) is 0 Å². The van der Waals surface area contributed by atoms with Crippen molar-refractivity contribution < 1.29 is 4.39 Å². The van der Waals surface area contributed by atoms with E-state index in [0.717, 1.165) is 11.3 Å². The number of hydrogen-bond acceptors (Lipinski definition) is 1. The Hall–Kier alpha value is -1.05. The minimum atomic E-state index is -0.156. The molecule has 0 spiro atoms. The van der Waals surface area contributed by atoms with Crippen LogP contribution in [0.4, 0.5) is 10.1 Å². The fourth-order valence-corrected chi connectivity index (χ4v) is 2.48. The predicted molar refractivity (Wildman–Crippen MR) is 66.2 cm³/mol. The third kappa shape index (κ3) is 2.55. The van der Waals surface area contributed by atoms with Gasteiger partial charge in [-0.2, -0.15) is 0 Å². The molecule has 0 radical (unpaired) electrons. The van der Waals surface area contributed by atoms with Crippen molar-refractivity contribution in [2.24, 2.45) is 5.92 Å². The molecule has 1 aliphatic carbocycles. The lowest BCUT2D eigenvalue weighted by Gasteiger charge is -2.30. The van der Waals surface area contributed by atoms with Crippen molar-refractivity contribution in [3.8, 4) is 0 Å². The molecule has 2 unspecified atom stereocenters. The molecule has 1 saturated carbocycles. The van der Waals surface area contributed by atoms with Crippen LogP contribution in [0.15, 0.2) is 18.2 Å². The highest BCUT2D eigenvalue weighted by atomic mass is 19.1. The molecular formula is C14H20FN. The molecule has 0 aromatic heterocycles. The molecule has 0 heterocycles. The van der Waals surface area contributed by atoms with Gasteiger partial charge in [0.1, 0.15) is 5.82 Å². The van der Waals surface area contributed by atoms with E-state index in [-0.39, 0.29) is 5.82 Å². The second-order valence-corrected chi connectivity index (χ2v) is 4.97. The van der Waals surface area contributed by atoms with Crippen molar-refractivity contribution in [1.29, 1.82) is 0 Å². The first-order valence-electron chi connectivity index (χ1n) is 6.19. The highest BCUT2D eigenvalue weighted by Crippen LogP contribution is 2.28. The molecule has 1 nitrogen and oxygen atoms in total. The SMILES string of the molecule is Cc1ccc(F)cc1NC1CCCCC1C. The molecule has 1 aromatic carbocycles. The van der Waals surface area contributed by atoms with Crippen LogP contribution in [0.1, 0.15) is 38.2 Å². The van der Waals surface area contributed by atoms with Gasteiger partial charge in [-0.05, 0) is 43.4 Å².